The zero-order valence-electron chi connectivity index (χ0n) is 23.3. The van der Waals surface area contributed by atoms with Gasteiger partial charge in [0.15, 0.2) is 5.82 Å². The number of rotatable bonds is 9. The van der Waals surface area contributed by atoms with Crippen LogP contribution in [0, 0.1) is 0 Å². The molecule has 39 heavy (non-hydrogen) atoms. The topological polar surface area (TPSA) is 162 Å². The summed E-state index contributed by atoms with van der Waals surface area (Å²) in [7, 11) is 0. The van der Waals surface area contributed by atoms with E-state index in [0.29, 0.717) is 37.1 Å². The molecule has 1 aliphatic rings. The maximum absolute atomic E-state index is 12.4. The number of aliphatic hydroxyl groups is 2. The van der Waals surface area contributed by atoms with Gasteiger partial charge in [-0.15, -0.1) is 0 Å². The number of urea groups is 1. The van der Waals surface area contributed by atoms with Crippen molar-refractivity contribution in [3.63, 3.8) is 0 Å². The molecule has 4 atom stereocenters. The maximum atomic E-state index is 12.4. The smallest absolute Gasteiger partial charge is 0.319 e. The number of nitrogens with zero attached hydrogens (tertiary/aromatic N) is 3. The summed E-state index contributed by atoms with van der Waals surface area (Å²) in [4.78, 5) is 26.2. The first-order chi connectivity index (χ1) is 18.4. The Labute approximate surface area is 229 Å². The minimum absolute atomic E-state index is 0.0557. The Morgan fingerprint density at radius 2 is 1.87 bits per heavy atom. The van der Waals surface area contributed by atoms with Gasteiger partial charge in [0, 0.05) is 37.6 Å². The molecule has 2 aromatic heterocycles. The van der Waals surface area contributed by atoms with Crippen molar-refractivity contribution >= 4 is 28.6 Å². The molecule has 3 aromatic rings. The van der Waals surface area contributed by atoms with E-state index in [1.165, 1.54) is 5.56 Å². The molecule has 2 amide bonds. The van der Waals surface area contributed by atoms with Crippen molar-refractivity contribution in [2.24, 2.45) is 0 Å². The van der Waals surface area contributed by atoms with Crippen LogP contribution < -0.4 is 16.4 Å². The number of nitrogens with two attached hydrogens (primary N) is 1. The summed E-state index contributed by atoms with van der Waals surface area (Å²) in [6, 6.07) is 9.55. The van der Waals surface area contributed by atoms with Crippen LogP contribution in [0.3, 0.4) is 0 Å². The largest absolute Gasteiger partial charge is 0.388 e. The highest BCUT2D eigenvalue weighted by atomic mass is 16.5. The standard InChI is InChI=1S/C28H41N7O4/c1-16(2)35(14-6-12-31-27(38)32-18-9-7-17(8-10-18)28(3,4)5)15-20-21(36)22(37)23(39-20)26-33-24(29)19-11-13-30-25(19)34-26/h7-11,13,16,20-23,36-37H,6,12,14-15H2,1-5H3,(H2,31,32,38)(H3,29,30,33,34)/t20-,21-,22-,23-/m1/s1. The van der Waals surface area contributed by atoms with Gasteiger partial charge in [0.05, 0.1) is 11.5 Å². The van der Waals surface area contributed by atoms with Gasteiger partial charge < -0.3 is 36.3 Å². The summed E-state index contributed by atoms with van der Waals surface area (Å²) in [5.41, 5.74) is 8.60. The molecular formula is C28H41N7O4. The summed E-state index contributed by atoms with van der Waals surface area (Å²) in [5, 5.41) is 27.9. The predicted molar refractivity (Wildman–Crippen MR) is 151 cm³/mol. The molecule has 1 aromatic carbocycles. The lowest BCUT2D eigenvalue weighted by atomic mass is 9.87. The van der Waals surface area contributed by atoms with Gasteiger partial charge in [0.1, 0.15) is 29.8 Å². The SMILES string of the molecule is CC(C)N(CCCNC(=O)Nc1ccc(C(C)(C)C)cc1)C[C@H]1O[C@@H](c2nc(N)c3cc[nH]c3n2)[C@H](O)[C@@H]1O. The highest BCUT2D eigenvalue weighted by Crippen LogP contribution is 2.34. The first-order valence-corrected chi connectivity index (χ1v) is 13.5. The van der Waals surface area contributed by atoms with Gasteiger partial charge in [-0.1, -0.05) is 32.9 Å². The Kier molecular flexibility index (Phi) is 8.75. The van der Waals surface area contributed by atoms with Crippen molar-refractivity contribution in [2.45, 2.75) is 76.9 Å². The van der Waals surface area contributed by atoms with Crippen molar-refractivity contribution in [2.75, 3.05) is 30.7 Å². The first kappa shape index (κ1) is 28.8. The molecule has 0 unspecified atom stereocenters. The Hall–Kier alpha value is -3.25. The van der Waals surface area contributed by atoms with E-state index in [2.05, 4.69) is 65.1 Å². The van der Waals surface area contributed by atoms with Crippen LogP contribution in [0.2, 0.25) is 0 Å². The molecular weight excluding hydrogens is 498 g/mol. The number of ether oxygens (including phenoxy) is 1. The van der Waals surface area contributed by atoms with Gasteiger partial charge in [-0.2, -0.15) is 0 Å². The Morgan fingerprint density at radius 3 is 2.54 bits per heavy atom. The number of hydrogen-bond acceptors (Lipinski definition) is 8. The number of aromatic amines is 1. The van der Waals surface area contributed by atoms with E-state index < -0.39 is 24.4 Å². The molecule has 0 spiro atoms. The average Bonchev–Trinajstić information content (AvgIpc) is 3.46. The fourth-order valence-corrected chi connectivity index (χ4v) is 4.73. The second kappa shape index (κ2) is 11.9. The van der Waals surface area contributed by atoms with Crippen LogP contribution in [0.1, 0.15) is 58.5 Å². The lowest BCUT2D eigenvalue weighted by Gasteiger charge is -2.30. The van der Waals surface area contributed by atoms with E-state index >= 15 is 0 Å². The molecule has 3 heterocycles. The van der Waals surface area contributed by atoms with E-state index in [9.17, 15) is 15.0 Å². The number of nitrogens with one attached hydrogen (secondary N) is 3. The second-order valence-corrected chi connectivity index (χ2v) is 11.4. The molecule has 0 saturated carbocycles. The van der Waals surface area contributed by atoms with E-state index in [1.54, 1.807) is 12.3 Å². The summed E-state index contributed by atoms with van der Waals surface area (Å²) in [6.45, 7) is 12.1. The van der Waals surface area contributed by atoms with Gasteiger partial charge in [0.2, 0.25) is 0 Å². The fraction of sp³-hybridized carbons (Fsp3) is 0.536. The molecule has 212 valence electrons. The summed E-state index contributed by atoms with van der Waals surface area (Å²) in [5.74, 6) is 0.517. The molecule has 11 heteroatoms. The highest BCUT2D eigenvalue weighted by Gasteiger charge is 2.45. The third-order valence-corrected chi connectivity index (χ3v) is 7.14. The number of benzene rings is 1. The van der Waals surface area contributed by atoms with E-state index in [0.717, 1.165) is 5.69 Å². The normalized spacial score (nSPS) is 21.7. The minimum atomic E-state index is -1.18. The van der Waals surface area contributed by atoms with Crippen LogP contribution in [0.4, 0.5) is 16.3 Å². The molecule has 1 aliphatic heterocycles. The van der Waals surface area contributed by atoms with Gasteiger partial charge in [-0.25, -0.2) is 14.8 Å². The van der Waals surface area contributed by atoms with Crippen molar-refractivity contribution in [3.05, 3.63) is 47.9 Å². The second-order valence-electron chi connectivity index (χ2n) is 11.4. The van der Waals surface area contributed by atoms with Gasteiger partial charge in [0.25, 0.3) is 0 Å². The van der Waals surface area contributed by atoms with E-state index in [1.807, 2.05) is 24.3 Å². The molecule has 7 N–H and O–H groups in total. The number of amides is 2. The van der Waals surface area contributed by atoms with Crippen molar-refractivity contribution in [1.29, 1.82) is 0 Å². The first-order valence-electron chi connectivity index (χ1n) is 13.5. The van der Waals surface area contributed by atoms with Crippen LogP contribution in [0.5, 0.6) is 0 Å². The lowest BCUT2D eigenvalue weighted by molar-refractivity contribution is -0.0194. The van der Waals surface area contributed by atoms with Crippen LogP contribution in [-0.4, -0.2) is 80.1 Å². The molecule has 4 rings (SSSR count). The van der Waals surface area contributed by atoms with Crippen LogP contribution >= 0.6 is 0 Å². The minimum Gasteiger partial charge on any atom is -0.388 e. The molecule has 0 aliphatic carbocycles. The highest BCUT2D eigenvalue weighted by molar-refractivity contribution is 5.89. The number of nitrogen functional groups attached to an aromatic ring is 1. The Balaban J connectivity index is 1.27. The predicted octanol–water partition coefficient (Wildman–Crippen LogP) is 2.92. The van der Waals surface area contributed by atoms with Crippen molar-refractivity contribution < 1.29 is 19.7 Å². The number of aliphatic hydroxyl groups excluding tert-OH is 2. The van der Waals surface area contributed by atoms with Crippen LogP contribution in [0.25, 0.3) is 11.0 Å². The van der Waals surface area contributed by atoms with Crippen molar-refractivity contribution in [3.8, 4) is 0 Å². The summed E-state index contributed by atoms with van der Waals surface area (Å²) < 4.78 is 6.06. The van der Waals surface area contributed by atoms with E-state index in [-0.39, 0.29) is 29.1 Å². The average molecular weight is 540 g/mol. The van der Waals surface area contributed by atoms with Gasteiger partial charge in [-0.05, 0) is 49.4 Å². The zero-order chi connectivity index (χ0) is 28.3. The lowest BCUT2D eigenvalue weighted by Crippen LogP contribution is -2.44. The number of H-pyrrole nitrogens is 1. The number of hydrogen-bond donors (Lipinski definition) is 6. The molecule has 0 radical (unpaired) electrons. The third kappa shape index (κ3) is 6.85. The number of carbonyl (C=O) groups excluding carboxylic acids is 1. The molecule has 11 nitrogen and oxygen atoms in total. The Morgan fingerprint density at radius 1 is 1.15 bits per heavy atom. The number of anilines is 2. The molecule has 0 bridgehead atoms. The Bertz CT molecular complexity index is 1260. The molecule has 1 fully saturated rings. The third-order valence-electron chi connectivity index (χ3n) is 7.14. The quantitative estimate of drug-likeness (QED) is 0.226. The maximum Gasteiger partial charge on any atom is 0.319 e. The fourth-order valence-electron chi connectivity index (χ4n) is 4.73. The number of fused-ring (bicyclic) bond motifs is 1. The summed E-state index contributed by atoms with van der Waals surface area (Å²) in [6.07, 6.45) is -1.40. The van der Waals surface area contributed by atoms with Crippen molar-refractivity contribution in [1.82, 2.24) is 25.2 Å². The zero-order valence-corrected chi connectivity index (χ0v) is 23.3. The monoisotopic (exact) mass is 539 g/mol. The number of carbonyl (C=O) groups is 1. The summed E-state index contributed by atoms with van der Waals surface area (Å²) >= 11 is 0. The van der Waals surface area contributed by atoms with Crippen LogP contribution in [0.15, 0.2) is 36.5 Å². The van der Waals surface area contributed by atoms with E-state index in [4.69, 9.17) is 10.5 Å². The van der Waals surface area contributed by atoms with Gasteiger partial charge >= 0.3 is 6.03 Å². The number of aromatic nitrogens is 3. The molecule has 1 saturated heterocycles. The van der Waals surface area contributed by atoms with Gasteiger partial charge in [-0.3, -0.25) is 4.90 Å². The van der Waals surface area contributed by atoms with Crippen LogP contribution in [-0.2, 0) is 10.2 Å².